The summed E-state index contributed by atoms with van der Waals surface area (Å²) in [6, 6.07) is 19.7. The van der Waals surface area contributed by atoms with E-state index in [2.05, 4.69) is 64.4 Å². The molecular weight excluding hydrogens is 244 g/mol. The zero-order valence-corrected chi connectivity index (χ0v) is 11.7. The van der Waals surface area contributed by atoms with Crippen LogP contribution in [0.3, 0.4) is 0 Å². The summed E-state index contributed by atoms with van der Waals surface area (Å²) < 4.78 is 0. The standard InChI is InChI=1S/C18H20N2/c1-2-7-15(8-3-1)13-19-14-16-9-4-5-10-17(16)20-12-6-11-18(19)20/h1-5,7-10,18H,6,11-14H2/t18-/m1/s1. The molecule has 2 aliphatic heterocycles. The fourth-order valence-corrected chi connectivity index (χ4v) is 3.64. The number of para-hydroxylation sites is 1. The Morgan fingerprint density at radius 2 is 1.75 bits per heavy atom. The number of anilines is 1. The molecule has 20 heavy (non-hydrogen) atoms. The molecule has 0 amide bonds. The Bertz CT molecular complexity index is 593. The number of benzene rings is 2. The maximum atomic E-state index is 2.63. The Balaban J connectivity index is 1.65. The normalized spacial score (nSPS) is 21.6. The molecule has 0 radical (unpaired) electrons. The molecule has 1 fully saturated rings. The molecule has 0 aromatic heterocycles. The highest BCUT2D eigenvalue weighted by Crippen LogP contribution is 2.36. The van der Waals surface area contributed by atoms with Gasteiger partial charge in [0.1, 0.15) is 0 Å². The lowest BCUT2D eigenvalue weighted by Crippen LogP contribution is -2.47. The predicted octanol–water partition coefficient (Wildman–Crippen LogP) is 3.63. The minimum absolute atomic E-state index is 0.588. The van der Waals surface area contributed by atoms with Crippen molar-refractivity contribution in [2.24, 2.45) is 0 Å². The molecule has 102 valence electrons. The minimum atomic E-state index is 0.588. The van der Waals surface area contributed by atoms with Crippen molar-refractivity contribution in [3.63, 3.8) is 0 Å². The van der Waals surface area contributed by atoms with Gasteiger partial charge in [0.15, 0.2) is 0 Å². The second kappa shape index (κ2) is 4.95. The van der Waals surface area contributed by atoms with Crippen LogP contribution in [-0.4, -0.2) is 17.6 Å². The van der Waals surface area contributed by atoms with Crippen LogP contribution in [0.5, 0.6) is 0 Å². The number of fused-ring (bicyclic) bond motifs is 3. The maximum Gasteiger partial charge on any atom is 0.0827 e. The van der Waals surface area contributed by atoms with Crippen LogP contribution < -0.4 is 4.90 Å². The lowest BCUT2D eigenvalue weighted by Gasteiger charge is -2.42. The molecule has 2 aliphatic rings. The molecule has 4 rings (SSSR count). The molecule has 2 nitrogen and oxygen atoms in total. The third kappa shape index (κ3) is 2.01. The summed E-state index contributed by atoms with van der Waals surface area (Å²) in [7, 11) is 0. The van der Waals surface area contributed by atoms with E-state index in [9.17, 15) is 0 Å². The fourth-order valence-electron chi connectivity index (χ4n) is 3.64. The molecule has 0 bridgehead atoms. The zero-order chi connectivity index (χ0) is 13.4. The second-order valence-electron chi connectivity index (χ2n) is 5.84. The first kappa shape index (κ1) is 12.0. The molecule has 0 aliphatic carbocycles. The van der Waals surface area contributed by atoms with Crippen LogP contribution in [0.25, 0.3) is 0 Å². The first-order valence-electron chi connectivity index (χ1n) is 7.54. The summed E-state index contributed by atoms with van der Waals surface area (Å²) in [5.74, 6) is 0. The first-order chi connectivity index (χ1) is 9.92. The third-order valence-corrected chi connectivity index (χ3v) is 4.55. The van der Waals surface area contributed by atoms with Gasteiger partial charge in [-0.25, -0.2) is 0 Å². The molecule has 1 saturated heterocycles. The van der Waals surface area contributed by atoms with Gasteiger partial charge in [0, 0.05) is 25.3 Å². The van der Waals surface area contributed by atoms with E-state index >= 15 is 0 Å². The van der Waals surface area contributed by atoms with E-state index in [0.29, 0.717) is 6.17 Å². The molecule has 0 N–H and O–H groups in total. The Hall–Kier alpha value is -1.80. The van der Waals surface area contributed by atoms with E-state index in [1.165, 1.54) is 36.2 Å². The van der Waals surface area contributed by atoms with Crippen molar-refractivity contribution in [2.75, 3.05) is 11.4 Å². The van der Waals surface area contributed by atoms with Crippen molar-refractivity contribution in [3.05, 3.63) is 65.7 Å². The van der Waals surface area contributed by atoms with Gasteiger partial charge in [0.25, 0.3) is 0 Å². The van der Waals surface area contributed by atoms with Crippen molar-refractivity contribution in [2.45, 2.75) is 32.1 Å². The van der Waals surface area contributed by atoms with E-state index in [0.717, 1.165) is 13.1 Å². The van der Waals surface area contributed by atoms with Crippen LogP contribution in [0.2, 0.25) is 0 Å². The number of hydrogen-bond acceptors (Lipinski definition) is 2. The van der Waals surface area contributed by atoms with Gasteiger partial charge in [-0.1, -0.05) is 48.5 Å². The fraction of sp³-hybridized carbons (Fsp3) is 0.333. The molecule has 2 aromatic carbocycles. The summed E-state index contributed by atoms with van der Waals surface area (Å²) in [6.45, 7) is 3.33. The monoisotopic (exact) mass is 264 g/mol. The zero-order valence-electron chi connectivity index (χ0n) is 11.7. The van der Waals surface area contributed by atoms with E-state index in [-0.39, 0.29) is 0 Å². The lowest BCUT2D eigenvalue weighted by atomic mass is 10.1. The summed E-state index contributed by atoms with van der Waals surface area (Å²) in [4.78, 5) is 5.23. The second-order valence-corrected chi connectivity index (χ2v) is 5.84. The third-order valence-electron chi connectivity index (χ3n) is 4.55. The van der Waals surface area contributed by atoms with Crippen LogP contribution >= 0.6 is 0 Å². The van der Waals surface area contributed by atoms with E-state index < -0.39 is 0 Å². The number of nitrogens with zero attached hydrogens (tertiary/aromatic N) is 2. The average Bonchev–Trinajstić information content (AvgIpc) is 2.98. The van der Waals surface area contributed by atoms with Crippen LogP contribution in [0.1, 0.15) is 24.0 Å². The maximum absolute atomic E-state index is 2.63. The average molecular weight is 264 g/mol. The quantitative estimate of drug-likeness (QED) is 0.817. The van der Waals surface area contributed by atoms with Gasteiger partial charge in [-0.15, -0.1) is 0 Å². The van der Waals surface area contributed by atoms with Gasteiger partial charge >= 0.3 is 0 Å². The highest BCUT2D eigenvalue weighted by Gasteiger charge is 2.35. The van der Waals surface area contributed by atoms with Gasteiger partial charge in [-0.2, -0.15) is 0 Å². The summed E-state index contributed by atoms with van der Waals surface area (Å²) in [5.41, 5.74) is 4.35. The summed E-state index contributed by atoms with van der Waals surface area (Å²) >= 11 is 0. The lowest BCUT2D eigenvalue weighted by molar-refractivity contribution is 0.172. The predicted molar refractivity (Wildman–Crippen MR) is 82.5 cm³/mol. The van der Waals surface area contributed by atoms with Crippen molar-refractivity contribution in [1.29, 1.82) is 0 Å². The molecule has 1 atom stereocenters. The van der Waals surface area contributed by atoms with Crippen LogP contribution in [-0.2, 0) is 13.1 Å². The van der Waals surface area contributed by atoms with Gasteiger partial charge in [-0.3, -0.25) is 4.90 Å². The van der Waals surface area contributed by atoms with Crippen molar-refractivity contribution < 1.29 is 0 Å². The SMILES string of the molecule is c1ccc(CN2Cc3ccccc3N3CCC[C@H]23)cc1. The molecule has 2 aromatic rings. The minimum Gasteiger partial charge on any atom is -0.355 e. The molecular formula is C18H20N2. The molecule has 2 heterocycles. The highest BCUT2D eigenvalue weighted by molar-refractivity contribution is 5.56. The molecule has 0 saturated carbocycles. The Kier molecular flexibility index (Phi) is 2.96. The van der Waals surface area contributed by atoms with Gasteiger partial charge in [-0.05, 0) is 30.0 Å². The molecule has 0 unspecified atom stereocenters. The van der Waals surface area contributed by atoms with E-state index in [4.69, 9.17) is 0 Å². The van der Waals surface area contributed by atoms with Gasteiger partial charge in [0.2, 0.25) is 0 Å². The number of hydrogen-bond donors (Lipinski definition) is 0. The van der Waals surface area contributed by atoms with Crippen LogP contribution in [0, 0.1) is 0 Å². The topological polar surface area (TPSA) is 6.48 Å². The summed E-state index contributed by atoms with van der Waals surface area (Å²) in [5, 5.41) is 0. The highest BCUT2D eigenvalue weighted by atomic mass is 15.4. The van der Waals surface area contributed by atoms with Crippen molar-refractivity contribution in [1.82, 2.24) is 4.90 Å². The number of rotatable bonds is 2. The Labute approximate surface area is 120 Å². The Morgan fingerprint density at radius 3 is 2.65 bits per heavy atom. The van der Waals surface area contributed by atoms with E-state index in [1.807, 2.05) is 0 Å². The van der Waals surface area contributed by atoms with Gasteiger partial charge < -0.3 is 4.90 Å². The first-order valence-corrected chi connectivity index (χ1v) is 7.54. The van der Waals surface area contributed by atoms with Crippen molar-refractivity contribution in [3.8, 4) is 0 Å². The van der Waals surface area contributed by atoms with Gasteiger partial charge in [0.05, 0.1) is 6.17 Å². The largest absolute Gasteiger partial charge is 0.355 e. The van der Waals surface area contributed by atoms with E-state index in [1.54, 1.807) is 0 Å². The van der Waals surface area contributed by atoms with Crippen LogP contribution in [0.4, 0.5) is 5.69 Å². The van der Waals surface area contributed by atoms with Crippen LogP contribution in [0.15, 0.2) is 54.6 Å². The summed E-state index contributed by atoms with van der Waals surface area (Å²) in [6.07, 6.45) is 3.19. The Morgan fingerprint density at radius 1 is 0.950 bits per heavy atom. The van der Waals surface area contributed by atoms with Crippen molar-refractivity contribution >= 4 is 5.69 Å². The molecule has 2 heteroatoms. The smallest absolute Gasteiger partial charge is 0.0827 e. The molecule has 0 spiro atoms.